The fourth-order valence-electron chi connectivity index (χ4n) is 3.61. The third kappa shape index (κ3) is 5.65. The molecule has 0 atom stereocenters. The molecule has 4 rings (SSSR count). The number of thioether (sulfide) groups is 1. The van der Waals surface area contributed by atoms with Crippen molar-refractivity contribution in [2.45, 2.75) is 19.1 Å². The van der Waals surface area contributed by atoms with E-state index in [-0.39, 0.29) is 11.7 Å². The monoisotopic (exact) mass is 457 g/mol. The van der Waals surface area contributed by atoms with Crippen LogP contribution in [0, 0.1) is 0 Å². The van der Waals surface area contributed by atoms with Crippen molar-refractivity contribution in [3.8, 4) is 22.6 Å². The highest BCUT2D eigenvalue weighted by molar-refractivity contribution is 7.99. The predicted molar refractivity (Wildman–Crippen MR) is 137 cm³/mol. The molecule has 1 heterocycles. The van der Waals surface area contributed by atoms with Crippen molar-refractivity contribution >= 4 is 29.0 Å². The molecule has 0 aliphatic carbocycles. The third-order valence-corrected chi connectivity index (χ3v) is 6.13. The van der Waals surface area contributed by atoms with Crippen LogP contribution in [0.15, 0.2) is 94.6 Å². The van der Waals surface area contributed by atoms with Gasteiger partial charge in [0.25, 0.3) is 5.22 Å². The van der Waals surface area contributed by atoms with Crippen molar-refractivity contribution in [2.75, 3.05) is 29.1 Å². The first-order valence-corrected chi connectivity index (χ1v) is 12.1. The average Bonchev–Trinajstić information content (AvgIpc) is 3.30. The van der Waals surface area contributed by atoms with Crippen LogP contribution in [0.5, 0.6) is 0 Å². The number of hydrogen-bond donors (Lipinski definition) is 1. The highest BCUT2D eigenvalue weighted by Crippen LogP contribution is 2.35. The Morgan fingerprint density at radius 3 is 2.09 bits per heavy atom. The lowest BCUT2D eigenvalue weighted by atomic mass is 10.1. The number of nitrogens with one attached hydrogen (secondary N) is 1. The van der Waals surface area contributed by atoms with Crippen LogP contribution in [-0.2, 0) is 4.79 Å². The Labute approximate surface area is 198 Å². The lowest BCUT2D eigenvalue weighted by Gasteiger charge is -2.21. The Bertz CT molecular complexity index is 1110. The van der Waals surface area contributed by atoms with Gasteiger partial charge in [-0.05, 0) is 38.1 Å². The maximum absolute atomic E-state index is 12.5. The molecule has 0 aliphatic rings. The summed E-state index contributed by atoms with van der Waals surface area (Å²) in [5.41, 5.74) is 4.63. The number of anilines is 2. The number of amides is 1. The minimum absolute atomic E-state index is 0.101. The summed E-state index contributed by atoms with van der Waals surface area (Å²) in [6.45, 7) is 6.16. The van der Waals surface area contributed by atoms with Crippen LogP contribution in [0.2, 0.25) is 0 Å². The van der Waals surface area contributed by atoms with E-state index in [2.05, 4.69) is 24.1 Å². The number of hydrogen-bond acceptors (Lipinski definition) is 5. The van der Waals surface area contributed by atoms with Gasteiger partial charge in [-0.15, -0.1) is 0 Å². The van der Waals surface area contributed by atoms with E-state index >= 15 is 0 Å². The Kier molecular flexibility index (Phi) is 7.47. The average molecular weight is 458 g/mol. The van der Waals surface area contributed by atoms with Gasteiger partial charge >= 0.3 is 0 Å². The van der Waals surface area contributed by atoms with Crippen LogP contribution >= 0.6 is 11.8 Å². The third-order valence-electron chi connectivity index (χ3n) is 5.30. The maximum Gasteiger partial charge on any atom is 0.257 e. The minimum Gasteiger partial charge on any atom is -0.431 e. The molecular weight excluding hydrogens is 430 g/mol. The molecule has 0 spiro atoms. The van der Waals surface area contributed by atoms with Gasteiger partial charge in [0.2, 0.25) is 5.91 Å². The van der Waals surface area contributed by atoms with Crippen LogP contribution in [0.4, 0.5) is 11.4 Å². The molecule has 0 bridgehead atoms. The second kappa shape index (κ2) is 10.9. The Balaban J connectivity index is 1.45. The van der Waals surface area contributed by atoms with E-state index in [1.165, 1.54) is 11.8 Å². The first-order valence-electron chi connectivity index (χ1n) is 11.1. The zero-order valence-electron chi connectivity index (χ0n) is 18.8. The highest BCUT2D eigenvalue weighted by atomic mass is 32.2. The van der Waals surface area contributed by atoms with E-state index in [0.717, 1.165) is 41.3 Å². The van der Waals surface area contributed by atoms with Crippen molar-refractivity contribution < 1.29 is 9.21 Å². The Morgan fingerprint density at radius 1 is 0.879 bits per heavy atom. The van der Waals surface area contributed by atoms with Crippen LogP contribution in [0.3, 0.4) is 0 Å². The van der Waals surface area contributed by atoms with E-state index in [4.69, 9.17) is 9.40 Å². The van der Waals surface area contributed by atoms with E-state index in [0.29, 0.717) is 11.0 Å². The summed E-state index contributed by atoms with van der Waals surface area (Å²) in [5.74, 6) is 0.814. The van der Waals surface area contributed by atoms with Gasteiger partial charge in [0.15, 0.2) is 5.76 Å². The number of nitrogens with zero attached hydrogens (tertiary/aromatic N) is 2. The second-order valence-electron chi connectivity index (χ2n) is 7.45. The van der Waals surface area contributed by atoms with Gasteiger partial charge in [0.05, 0.1) is 5.75 Å². The largest absolute Gasteiger partial charge is 0.431 e. The molecule has 168 valence electrons. The van der Waals surface area contributed by atoms with Crippen molar-refractivity contribution in [3.63, 3.8) is 0 Å². The molecule has 5 nitrogen and oxygen atoms in total. The Hall–Kier alpha value is -3.51. The molecule has 0 saturated carbocycles. The molecule has 4 aromatic rings. The SMILES string of the molecule is CCN(CC)c1ccc(NC(=O)CSc2nc(-c3ccccc3)c(-c3ccccc3)o2)cc1. The molecule has 0 unspecified atom stereocenters. The number of carbonyl (C=O) groups excluding carboxylic acids is 1. The van der Waals surface area contributed by atoms with Crippen LogP contribution < -0.4 is 10.2 Å². The fourth-order valence-corrected chi connectivity index (χ4v) is 4.23. The molecule has 0 saturated heterocycles. The molecule has 0 radical (unpaired) electrons. The number of aromatic nitrogens is 1. The summed E-state index contributed by atoms with van der Waals surface area (Å²) in [6, 6.07) is 27.8. The minimum atomic E-state index is -0.101. The number of carbonyl (C=O) groups is 1. The molecule has 3 aromatic carbocycles. The van der Waals surface area contributed by atoms with Crippen LogP contribution in [-0.4, -0.2) is 29.7 Å². The summed E-state index contributed by atoms with van der Waals surface area (Å²) in [4.78, 5) is 19.5. The van der Waals surface area contributed by atoms with Crippen molar-refractivity contribution in [1.82, 2.24) is 4.98 Å². The predicted octanol–water partition coefficient (Wildman–Crippen LogP) is 6.59. The molecule has 1 N–H and O–H groups in total. The molecule has 6 heteroatoms. The van der Waals surface area contributed by atoms with E-state index in [1.807, 2.05) is 84.9 Å². The first-order chi connectivity index (χ1) is 16.2. The maximum atomic E-state index is 12.5. The molecule has 33 heavy (non-hydrogen) atoms. The van der Waals surface area contributed by atoms with E-state index < -0.39 is 0 Å². The topological polar surface area (TPSA) is 58.4 Å². The zero-order chi connectivity index (χ0) is 23.0. The normalized spacial score (nSPS) is 10.7. The summed E-state index contributed by atoms with van der Waals surface area (Å²) in [6.07, 6.45) is 0. The van der Waals surface area contributed by atoms with Gasteiger partial charge in [-0.2, -0.15) is 0 Å². The van der Waals surface area contributed by atoms with Crippen LogP contribution in [0.25, 0.3) is 22.6 Å². The summed E-state index contributed by atoms with van der Waals surface area (Å²) >= 11 is 1.29. The van der Waals surface area contributed by atoms with E-state index in [9.17, 15) is 4.79 Å². The van der Waals surface area contributed by atoms with Gasteiger partial charge in [-0.1, -0.05) is 72.4 Å². The lowest BCUT2D eigenvalue weighted by Crippen LogP contribution is -2.21. The van der Waals surface area contributed by atoms with Gasteiger partial charge in [-0.25, -0.2) is 4.98 Å². The number of rotatable bonds is 9. The smallest absolute Gasteiger partial charge is 0.257 e. The summed E-state index contributed by atoms with van der Waals surface area (Å²) < 4.78 is 6.09. The molecule has 0 aliphatic heterocycles. The zero-order valence-corrected chi connectivity index (χ0v) is 19.6. The second-order valence-corrected chi connectivity index (χ2v) is 8.37. The number of benzene rings is 3. The van der Waals surface area contributed by atoms with E-state index in [1.54, 1.807) is 0 Å². The Morgan fingerprint density at radius 2 is 1.48 bits per heavy atom. The molecular formula is C27H27N3O2S. The molecule has 0 fully saturated rings. The number of oxazole rings is 1. The van der Waals surface area contributed by atoms with Gasteiger partial charge in [0.1, 0.15) is 5.69 Å². The lowest BCUT2D eigenvalue weighted by molar-refractivity contribution is -0.113. The van der Waals surface area contributed by atoms with Crippen molar-refractivity contribution in [1.29, 1.82) is 0 Å². The highest BCUT2D eigenvalue weighted by Gasteiger charge is 2.18. The quantitative estimate of drug-likeness (QED) is 0.288. The van der Waals surface area contributed by atoms with Crippen molar-refractivity contribution in [2.24, 2.45) is 0 Å². The summed E-state index contributed by atoms with van der Waals surface area (Å²) in [7, 11) is 0. The van der Waals surface area contributed by atoms with Crippen molar-refractivity contribution in [3.05, 3.63) is 84.9 Å². The molecule has 1 amide bonds. The fraction of sp³-hybridized carbons (Fsp3) is 0.185. The van der Waals surface area contributed by atoms with Crippen LogP contribution in [0.1, 0.15) is 13.8 Å². The summed E-state index contributed by atoms with van der Waals surface area (Å²) in [5, 5.41) is 3.42. The van der Waals surface area contributed by atoms with Gasteiger partial charge in [0, 0.05) is 35.6 Å². The molecule has 1 aromatic heterocycles. The first kappa shape index (κ1) is 22.7. The van der Waals surface area contributed by atoms with Gasteiger partial charge in [-0.3, -0.25) is 4.79 Å². The van der Waals surface area contributed by atoms with Gasteiger partial charge < -0.3 is 14.6 Å². The standard InChI is InChI=1S/C27H27N3O2S/c1-3-30(4-2)23-17-15-22(16-18-23)28-24(31)19-33-27-29-25(20-11-7-5-8-12-20)26(32-27)21-13-9-6-10-14-21/h5-18H,3-4,19H2,1-2H3,(H,28,31).